The number of pyridine rings is 1. The molecule has 0 N–H and O–H groups in total. The summed E-state index contributed by atoms with van der Waals surface area (Å²) in [6, 6.07) is 6.27. The fourth-order valence-electron chi connectivity index (χ4n) is 3.84. The lowest BCUT2D eigenvalue weighted by atomic mass is 10.1. The molecule has 4 rings (SSSR count). The van der Waals surface area contributed by atoms with Crippen LogP contribution in [0, 0.1) is 12.8 Å². The van der Waals surface area contributed by atoms with Crippen LogP contribution < -0.4 is 0 Å². The van der Waals surface area contributed by atoms with Gasteiger partial charge in [-0.25, -0.2) is 9.67 Å². The van der Waals surface area contributed by atoms with E-state index in [1.54, 1.807) is 17.5 Å². The van der Waals surface area contributed by atoms with Crippen LogP contribution in [-0.4, -0.2) is 51.9 Å². The molecule has 0 saturated carbocycles. The maximum atomic E-state index is 13.6. The molecular weight excluding hydrogens is 384 g/mol. The van der Waals surface area contributed by atoms with Crippen molar-refractivity contribution in [3.05, 3.63) is 34.8 Å². The van der Waals surface area contributed by atoms with Gasteiger partial charge in [0.2, 0.25) is 0 Å². The molecule has 0 spiro atoms. The third-order valence-electron chi connectivity index (χ3n) is 5.45. The van der Waals surface area contributed by atoms with Crippen molar-refractivity contribution in [1.82, 2.24) is 19.7 Å². The van der Waals surface area contributed by atoms with E-state index < -0.39 is 0 Å². The number of aromatic nitrogens is 3. The van der Waals surface area contributed by atoms with Crippen molar-refractivity contribution < 1.29 is 9.53 Å². The molecule has 154 valence electrons. The lowest BCUT2D eigenvalue weighted by Gasteiger charge is -2.24. The molecule has 1 unspecified atom stereocenters. The highest BCUT2D eigenvalue weighted by Crippen LogP contribution is 2.31. The Morgan fingerprint density at radius 1 is 1.41 bits per heavy atom. The van der Waals surface area contributed by atoms with Gasteiger partial charge in [-0.1, -0.05) is 0 Å². The number of thiophene rings is 1. The molecule has 1 aliphatic heterocycles. The molecule has 0 bridgehead atoms. The minimum atomic E-state index is 0.0460. The number of amides is 1. The van der Waals surface area contributed by atoms with E-state index in [1.165, 1.54) is 4.88 Å². The van der Waals surface area contributed by atoms with Crippen LogP contribution in [0.25, 0.3) is 21.6 Å². The molecule has 1 saturated heterocycles. The van der Waals surface area contributed by atoms with Gasteiger partial charge in [-0.2, -0.15) is 5.10 Å². The Morgan fingerprint density at radius 2 is 2.24 bits per heavy atom. The molecule has 7 heteroatoms. The Hall–Kier alpha value is -2.25. The van der Waals surface area contributed by atoms with Crippen LogP contribution in [0.1, 0.15) is 48.5 Å². The minimum absolute atomic E-state index is 0.0460. The molecule has 6 nitrogen and oxygen atoms in total. The lowest BCUT2D eigenvalue weighted by molar-refractivity contribution is 0.0732. The van der Waals surface area contributed by atoms with Gasteiger partial charge in [0, 0.05) is 36.5 Å². The van der Waals surface area contributed by atoms with E-state index in [0.717, 1.165) is 47.8 Å². The highest BCUT2D eigenvalue weighted by Gasteiger charge is 2.25. The third kappa shape index (κ3) is 3.94. The van der Waals surface area contributed by atoms with Gasteiger partial charge in [0.15, 0.2) is 5.65 Å². The van der Waals surface area contributed by atoms with Gasteiger partial charge in [0.1, 0.15) is 0 Å². The third-order valence-corrected chi connectivity index (χ3v) is 6.47. The second-order valence-electron chi connectivity index (χ2n) is 7.96. The summed E-state index contributed by atoms with van der Waals surface area (Å²) in [5, 5.41) is 5.35. The van der Waals surface area contributed by atoms with Crippen molar-refractivity contribution in [2.24, 2.45) is 5.92 Å². The highest BCUT2D eigenvalue weighted by atomic mass is 32.1. The molecule has 1 amide bonds. The van der Waals surface area contributed by atoms with E-state index in [2.05, 4.69) is 38.0 Å². The summed E-state index contributed by atoms with van der Waals surface area (Å²) in [6.45, 7) is 11.2. The smallest absolute Gasteiger partial charge is 0.254 e. The molecule has 0 aromatic carbocycles. The lowest BCUT2D eigenvalue weighted by Crippen LogP contribution is -2.35. The number of hydrogen-bond acceptors (Lipinski definition) is 5. The number of fused-ring (bicyclic) bond motifs is 1. The van der Waals surface area contributed by atoms with Crippen molar-refractivity contribution in [3.8, 4) is 10.6 Å². The van der Waals surface area contributed by atoms with Crippen LogP contribution in [0.15, 0.2) is 24.4 Å². The van der Waals surface area contributed by atoms with Crippen LogP contribution in [-0.2, 0) is 4.74 Å². The first kappa shape index (κ1) is 20.0. The summed E-state index contributed by atoms with van der Waals surface area (Å²) in [5.74, 6) is 0.457. The van der Waals surface area contributed by atoms with E-state index in [-0.39, 0.29) is 11.9 Å². The Bertz CT molecular complexity index is 1020. The van der Waals surface area contributed by atoms with Crippen LogP contribution in [0.2, 0.25) is 0 Å². The van der Waals surface area contributed by atoms with Crippen molar-refractivity contribution in [2.75, 3.05) is 26.3 Å². The number of hydrogen-bond donors (Lipinski definition) is 0. The number of ether oxygens (including phenoxy) is 1. The molecular formula is C22H28N4O2S. The normalized spacial score (nSPS) is 16.8. The predicted octanol–water partition coefficient (Wildman–Crippen LogP) is 4.55. The predicted molar refractivity (Wildman–Crippen MR) is 116 cm³/mol. The number of carbonyl (C=O) groups excluding carboxylic acids is 1. The van der Waals surface area contributed by atoms with E-state index in [9.17, 15) is 4.79 Å². The topological polar surface area (TPSA) is 60.2 Å². The fraction of sp³-hybridized carbons (Fsp3) is 0.500. The Balaban J connectivity index is 1.79. The molecule has 0 radical (unpaired) electrons. The SMILES string of the molecule is CCN(CC1CCOC1)C(=O)c1cc(-c2ccc(C)s2)nc2c1cnn2C(C)C. The van der Waals surface area contributed by atoms with Gasteiger partial charge in [-0.3, -0.25) is 4.79 Å². The van der Waals surface area contributed by atoms with Crippen molar-refractivity contribution in [1.29, 1.82) is 0 Å². The van der Waals surface area contributed by atoms with Crippen molar-refractivity contribution >= 4 is 28.3 Å². The van der Waals surface area contributed by atoms with E-state index in [4.69, 9.17) is 9.72 Å². The molecule has 4 heterocycles. The number of nitrogens with zero attached hydrogens (tertiary/aromatic N) is 4. The zero-order valence-corrected chi connectivity index (χ0v) is 18.3. The summed E-state index contributed by atoms with van der Waals surface area (Å²) >= 11 is 1.69. The molecule has 1 atom stereocenters. The average molecular weight is 413 g/mol. The first-order valence-electron chi connectivity index (χ1n) is 10.3. The van der Waals surface area contributed by atoms with E-state index >= 15 is 0 Å². The monoisotopic (exact) mass is 412 g/mol. The summed E-state index contributed by atoms with van der Waals surface area (Å²) in [4.78, 5) is 22.7. The zero-order chi connectivity index (χ0) is 20.5. The number of aryl methyl sites for hydroxylation is 1. The second kappa shape index (κ2) is 8.24. The first-order valence-corrected chi connectivity index (χ1v) is 11.1. The molecule has 0 aliphatic carbocycles. The maximum Gasteiger partial charge on any atom is 0.254 e. The Morgan fingerprint density at radius 3 is 2.86 bits per heavy atom. The van der Waals surface area contributed by atoms with Crippen molar-refractivity contribution in [3.63, 3.8) is 0 Å². The molecule has 3 aromatic heterocycles. The van der Waals surface area contributed by atoms with E-state index in [1.807, 2.05) is 22.6 Å². The van der Waals surface area contributed by atoms with E-state index in [0.29, 0.717) is 18.0 Å². The average Bonchev–Trinajstić information content (AvgIpc) is 3.45. The number of rotatable bonds is 6. The van der Waals surface area contributed by atoms with Crippen LogP contribution in [0.4, 0.5) is 0 Å². The largest absolute Gasteiger partial charge is 0.381 e. The molecule has 1 fully saturated rings. The molecule has 3 aromatic rings. The summed E-state index contributed by atoms with van der Waals surface area (Å²) in [7, 11) is 0. The van der Waals surface area contributed by atoms with Crippen LogP contribution in [0.5, 0.6) is 0 Å². The summed E-state index contributed by atoms with van der Waals surface area (Å²) in [6.07, 6.45) is 2.80. The zero-order valence-electron chi connectivity index (χ0n) is 17.5. The quantitative estimate of drug-likeness (QED) is 0.596. The summed E-state index contributed by atoms with van der Waals surface area (Å²) in [5.41, 5.74) is 2.29. The highest BCUT2D eigenvalue weighted by molar-refractivity contribution is 7.15. The Kier molecular flexibility index (Phi) is 5.69. The van der Waals surface area contributed by atoms with Gasteiger partial charge in [0.25, 0.3) is 5.91 Å². The summed E-state index contributed by atoms with van der Waals surface area (Å²) < 4.78 is 7.41. The molecule has 1 aliphatic rings. The molecule has 29 heavy (non-hydrogen) atoms. The minimum Gasteiger partial charge on any atom is -0.381 e. The number of carbonyl (C=O) groups is 1. The van der Waals surface area contributed by atoms with Gasteiger partial charge < -0.3 is 9.64 Å². The van der Waals surface area contributed by atoms with Gasteiger partial charge in [-0.15, -0.1) is 11.3 Å². The van der Waals surface area contributed by atoms with Gasteiger partial charge in [-0.05, 0) is 52.3 Å². The van der Waals surface area contributed by atoms with Crippen LogP contribution in [0.3, 0.4) is 0 Å². The van der Waals surface area contributed by atoms with Crippen molar-refractivity contribution in [2.45, 2.75) is 40.2 Å². The first-order chi connectivity index (χ1) is 14.0. The van der Waals surface area contributed by atoms with Gasteiger partial charge >= 0.3 is 0 Å². The fourth-order valence-corrected chi connectivity index (χ4v) is 4.66. The van der Waals surface area contributed by atoms with Crippen LogP contribution >= 0.6 is 11.3 Å². The van der Waals surface area contributed by atoms with Gasteiger partial charge in [0.05, 0.1) is 34.3 Å². The second-order valence-corrected chi connectivity index (χ2v) is 9.25. The standard InChI is InChI=1S/C22H28N4O2S/c1-5-25(12-16-8-9-28-13-16)22(27)17-10-19(20-7-6-15(4)29-20)24-21-18(17)11-23-26(21)14(2)3/h6-7,10-11,14,16H,5,8-9,12-13H2,1-4H3. The maximum absolute atomic E-state index is 13.6. The Labute approximate surface area is 175 Å².